The van der Waals surface area contributed by atoms with E-state index in [1.54, 1.807) is 20.0 Å². The summed E-state index contributed by atoms with van der Waals surface area (Å²) in [5.74, 6) is -0.635. The molecule has 0 aliphatic heterocycles. The minimum atomic E-state index is -0.395. The average molecular weight is 236 g/mol. The number of amides is 1. The van der Waals surface area contributed by atoms with Crippen LogP contribution in [0.1, 0.15) is 6.92 Å². The van der Waals surface area contributed by atoms with Crippen molar-refractivity contribution in [3.63, 3.8) is 0 Å². The van der Waals surface area contributed by atoms with Gasteiger partial charge >= 0.3 is 0 Å². The third-order valence-electron chi connectivity index (χ3n) is 2.48. The number of carbonyl (C=O) groups excluding carboxylic acids is 1. The van der Waals surface area contributed by atoms with Crippen LogP contribution in [0.3, 0.4) is 0 Å². The lowest BCUT2D eigenvalue weighted by molar-refractivity contribution is -0.886. The van der Waals surface area contributed by atoms with Gasteiger partial charge in [-0.1, -0.05) is 6.07 Å². The van der Waals surface area contributed by atoms with Crippen LogP contribution in [0.2, 0.25) is 0 Å². The van der Waals surface area contributed by atoms with Gasteiger partial charge in [-0.15, -0.1) is 0 Å². The molecule has 5 heteroatoms. The Morgan fingerprint density at radius 2 is 2.35 bits per heavy atom. The first kappa shape index (κ1) is 13.1. The van der Waals surface area contributed by atoms with Crippen molar-refractivity contribution in [3.8, 4) is 6.07 Å². The molecule has 0 fully saturated rings. The maximum atomic E-state index is 12.9. The number of nitrogens with zero attached hydrogens (tertiary/aromatic N) is 1. The zero-order chi connectivity index (χ0) is 12.8. The van der Waals surface area contributed by atoms with Crippen LogP contribution in [0.15, 0.2) is 24.3 Å². The van der Waals surface area contributed by atoms with Crippen LogP contribution in [0.25, 0.3) is 0 Å². The number of benzene rings is 1. The zero-order valence-electron chi connectivity index (χ0n) is 9.83. The number of nitrogens with one attached hydrogen (secondary N) is 2. The minimum Gasteiger partial charge on any atom is -0.321 e. The monoisotopic (exact) mass is 236 g/mol. The molecule has 17 heavy (non-hydrogen) atoms. The third kappa shape index (κ3) is 4.21. The van der Waals surface area contributed by atoms with Gasteiger partial charge in [0.2, 0.25) is 0 Å². The topological polar surface area (TPSA) is 57.3 Å². The number of anilines is 1. The number of carbonyl (C=O) groups is 1. The number of rotatable bonds is 4. The maximum Gasteiger partial charge on any atom is 0.279 e. The van der Waals surface area contributed by atoms with E-state index in [0.29, 0.717) is 5.69 Å². The minimum absolute atomic E-state index is 0.172. The summed E-state index contributed by atoms with van der Waals surface area (Å²) in [5, 5.41) is 11.3. The Labute approximate surface area is 99.7 Å². The number of hydrogen-bond donors (Lipinski definition) is 2. The highest BCUT2D eigenvalue weighted by Crippen LogP contribution is 2.08. The number of hydrogen-bond acceptors (Lipinski definition) is 2. The van der Waals surface area contributed by atoms with Crippen molar-refractivity contribution >= 4 is 11.6 Å². The summed E-state index contributed by atoms with van der Waals surface area (Å²) in [7, 11) is 1.76. The van der Waals surface area contributed by atoms with Gasteiger partial charge in [-0.2, -0.15) is 5.26 Å². The fourth-order valence-electron chi connectivity index (χ4n) is 1.29. The molecule has 0 saturated carbocycles. The molecule has 0 bridgehead atoms. The Hall–Kier alpha value is -1.93. The summed E-state index contributed by atoms with van der Waals surface area (Å²) < 4.78 is 12.9. The van der Waals surface area contributed by atoms with Crippen LogP contribution in [0, 0.1) is 17.1 Å². The molecule has 1 rings (SSSR count). The van der Waals surface area contributed by atoms with E-state index in [0.717, 1.165) is 4.90 Å². The third-order valence-corrected chi connectivity index (χ3v) is 2.48. The molecule has 0 aliphatic carbocycles. The molecule has 0 aliphatic rings. The van der Waals surface area contributed by atoms with E-state index < -0.39 is 5.82 Å². The van der Waals surface area contributed by atoms with E-state index in [2.05, 4.69) is 11.4 Å². The summed E-state index contributed by atoms with van der Waals surface area (Å²) in [6, 6.07) is 7.51. The van der Waals surface area contributed by atoms with Crippen molar-refractivity contribution in [1.29, 1.82) is 5.26 Å². The molecule has 0 heterocycles. The Kier molecular flexibility index (Phi) is 4.61. The highest BCUT2D eigenvalue weighted by atomic mass is 19.1. The Bertz CT molecular complexity index is 442. The van der Waals surface area contributed by atoms with E-state index in [9.17, 15) is 9.18 Å². The lowest BCUT2D eigenvalue weighted by Gasteiger charge is -2.15. The van der Waals surface area contributed by atoms with Gasteiger partial charge in [0.25, 0.3) is 5.91 Å². The van der Waals surface area contributed by atoms with Gasteiger partial charge in [-0.25, -0.2) is 4.39 Å². The molecule has 1 unspecified atom stereocenters. The second-order valence-corrected chi connectivity index (χ2v) is 3.93. The van der Waals surface area contributed by atoms with E-state index in [1.807, 2.05) is 0 Å². The fourth-order valence-corrected chi connectivity index (χ4v) is 1.29. The first-order chi connectivity index (χ1) is 8.02. The number of nitriles is 1. The van der Waals surface area contributed by atoms with Gasteiger partial charge in [-0.05, 0) is 18.2 Å². The van der Waals surface area contributed by atoms with E-state index in [4.69, 9.17) is 5.26 Å². The second-order valence-electron chi connectivity index (χ2n) is 3.93. The highest BCUT2D eigenvalue weighted by Gasteiger charge is 2.15. The maximum absolute atomic E-state index is 12.9. The molecular formula is C12H15FN3O+. The van der Waals surface area contributed by atoms with Crippen molar-refractivity contribution in [2.45, 2.75) is 13.0 Å². The van der Waals surface area contributed by atoms with E-state index in [-0.39, 0.29) is 18.5 Å². The summed E-state index contributed by atoms with van der Waals surface area (Å²) in [6.07, 6.45) is 0. The SMILES string of the molecule is C[C@@H](C#N)[NH+](C)CC(=O)Nc1cccc(F)c1. The molecule has 0 radical (unpaired) electrons. The Morgan fingerprint density at radius 1 is 1.65 bits per heavy atom. The fraction of sp³-hybridized carbons (Fsp3) is 0.333. The summed E-state index contributed by atoms with van der Waals surface area (Å²) >= 11 is 0. The largest absolute Gasteiger partial charge is 0.321 e. The molecule has 1 aromatic carbocycles. The number of halogens is 1. The van der Waals surface area contributed by atoms with Crippen LogP contribution >= 0.6 is 0 Å². The lowest BCUT2D eigenvalue weighted by Crippen LogP contribution is -3.13. The summed E-state index contributed by atoms with van der Waals surface area (Å²) in [5.41, 5.74) is 0.424. The zero-order valence-corrected chi connectivity index (χ0v) is 9.83. The first-order valence-corrected chi connectivity index (χ1v) is 5.30. The second kappa shape index (κ2) is 5.97. The number of quaternary nitrogens is 1. The standard InChI is InChI=1S/C12H14FN3O/c1-9(7-14)16(2)8-12(17)15-11-5-3-4-10(13)6-11/h3-6,9H,8H2,1-2H3,(H,15,17)/p+1/t9-/m0/s1. The molecule has 0 aromatic heterocycles. The van der Waals surface area contributed by atoms with Gasteiger partial charge in [0.15, 0.2) is 12.6 Å². The molecule has 0 saturated heterocycles. The molecule has 2 N–H and O–H groups in total. The smallest absolute Gasteiger partial charge is 0.279 e. The van der Waals surface area contributed by atoms with Crippen LogP contribution < -0.4 is 10.2 Å². The van der Waals surface area contributed by atoms with Crippen LogP contribution in [-0.2, 0) is 4.79 Å². The average Bonchev–Trinajstić information content (AvgIpc) is 2.27. The van der Waals surface area contributed by atoms with Crippen LogP contribution in [-0.4, -0.2) is 25.5 Å². The van der Waals surface area contributed by atoms with Gasteiger partial charge in [-0.3, -0.25) is 4.79 Å². The summed E-state index contributed by atoms with van der Waals surface area (Å²) in [6.45, 7) is 1.91. The molecule has 4 nitrogen and oxygen atoms in total. The summed E-state index contributed by atoms with van der Waals surface area (Å²) in [4.78, 5) is 12.4. The van der Waals surface area contributed by atoms with Crippen LogP contribution in [0.4, 0.5) is 10.1 Å². The van der Waals surface area contributed by atoms with E-state index >= 15 is 0 Å². The lowest BCUT2D eigenvalue weighted by atomic mass is 10.3. The molecular weight excluding hydrogens is 221 g/mol. The molecule has 0 spiro atoms. The van der Waals surface area contributed by atoms with Crippen LogP contribution in [0.5, 0.6) is 0 Å². The quantitative estimate of drug-likeness (QED) is 0.784. The predicted octanol–water partition coefficient (Wildman–Crippen LogP) is 0.191. The Balaban J connectivity index is 2.53. The van der Waals surface area contributed by atoms with Gasteiger partial charge in [0.1, 0.15) is 11.9 Å². The van der Waals surface area contributed by atoms with Crippen molar-refractivity contribution < 1.29 is 14.1 Å². The predicted molar refractivity (Wildman–Crippen MR) is 61.9 cm³/mol. The molecule has 90 valence electrons. The van der Waals surface area contributed by atoms with Gasteiger partial charge in [0, 0.05) is 12.6 Å². The van der Waals surface area contributed by atoms with Crippen molar-refractivity contribution in [2.75, 3.05) is 18.9 Å². The normalized spacial score (nSPS) is 13.5. The van der Waals surface area contributed by atoms with Gasteiger partial charge < -0.3 is 10.2 Å². The van der Waals surface area contributed by atoms with Gasteiger partial charge in [0.05, 0.1) is 7.05 Å². The molecule has 2 atom stereocenters. The first-order valence-electron chi connectivity index (χ1n) is 5.30. The van der Waals surface area contributed by atoms with E-state index in [1.165, 1.54) is 18.2 Å². The molecule has 1 amide bonds. The number of likely N-dealkylation sites (N-methyl/N-ethyl adjacent to an activating group) is 1. The molecule has 1 aromatic rings. The van der Waals surface area contributed by atoms with Crippen molar-refractivity contribution in [3.05, 3.63) is 30.1 Å². The van der Waals surface area contributed by atoms with Crippen molar-refractivity contribution in [1.82, 2.24) is 0 Å². The van der Waals surface area contributed by atoms with Crippen molar-refractivity contribution in [2.24, 2.45) is 0 Å². The Morgan fingerprint density at radius 3 is 2.94 bits per heavy atom. The highest BCUT2D eigenvalue weighted by molar-refractivity contribution is 5.91.